The summed E-state index contributed by atoms with van der Waals surface area (Å²) in [5, 5.41) is 9.59. The van der Waals surface area contributed by atoms with Gasteiger partial charge in [-0.15, -0.1) is 6.58 Å². The lowest BCUT2D eigenvalue weighted by Crippen LogP contribution is -2.47. The Morgan fingerprint density at radius 3 is 2.09 bits per heavy atom. The first-order valence-electron chi connectivity index (χ1n) is 3.66. The molecule has 0 aliphatic heterocycles. The highest BCUT2D eigenvalue weighted by molar-refractivity contribution is 6.34. The molecule has 63 valence electrons. The molecule has 0 aromatic rings. The van der Waals surface area contributed by atoms with Gasteiger partial charge in [-0.2, -0.15) is 0 Å². The first-order chi connectivity index (χ1) is 4.81. The van der Waals surface area contributed by atoms with E-state index in [0.717, 1.165) is 0 Å². The SMILES string of the molecule is C=C[B]OC(C)(C)C(C)(C)O. The zero-order valence-corrected chi connectivity index (χ0v) is 7.72. The predicted molar refractivity (Wildman–Crippen MR) is 47.4 cm³/mol. The summed E-state index contributed by atoms with van der Waals surface area (Å²) in [6.07, 6.45) is 0. The van der Waals surface area contributed by atoms with E-state index in [1.165, 1.54) is 7.48 Å². The van der Waals surface area contributed by atoms with Crippen LogP contribution in [0.15, 0.2) is 12.6 Å². The van der Waals surface area contributed by atoms with Gasteiger partial charge in [0.25, 0.3) is 0 Å². The van der Waals surface area contributed by atoms with Crippen LogP contribution in [0.25, 0.3) is 0 Å². The van der Waals surface area contributed by atoms with E-state index in [-0.39, 0.29) is 0 Å². The van der Waals surface area contributed by atoms with Crippen molar-refractivity contribution in [3.63, 3.8) is 0 Å². The Kier molecular flexibility index (Phi) is 3.33. The fourth-order valence-electron chi connectivity index (χ4n) is 0.362. The molecule has 0 aliphatic carbocycles. The molecule has 0 fully saturated rings. The summed E-state index contributed by atoms with van der Waals surface area (Å²) in [4.78, 5) is 0. The van der Waals surface area contributed by atoms with E-state index in [1.54, 1.807) is 19.8 Å². The molecular weight excluding hydrogens is 139 g/mol. The Hall–Kier alpha value is -0.275. The average Bonchev–Trinajstić information content (AvgIpc) is 1.81. The molecule has 1 radical (unpaired) electrons. The molecule has 0 heterocycles. The van der Waals surface area contributed by atoms with Crippen molar-refractivity contribution < 1.29 is 9.76 Å². The lowest BCUT2D eigenvalue weighted by atomic mass is 9.87. The second kappa shape index (κ2) is 3.41. The largest absolute Gasteiger partial charge is 0.427 e. The van der Waals surface area contributed by atoms with Crippen molar-refractivity contribution in [1.29, 1.82) is 0 Å². The maximum Gasteiger partial charge on any atom is 0.322 e. The van der Waals surface area contributed by atoms with Crippen LogP contribution in [0.5, 0.6) is 0 Å². The fourth-order valence-corrected chi connectivity index (χ4v) is 0.362. The van der Waals surface area contributed by atoms with Crippen LogP contribution in [0, 0.1) is 0 Å². The molecular formula is C8H16BO2. The van der Waals surface area contributed by atoms with Crippen LogP contribution in [0.1, 0.15) is 27.7 Å². The molecule has 0 spiro atoms. The third-order valence-electron chi connectivity index (χ3n) is 1.93. The molecule has 11 heavy (non-hydrogen) atoms. The minimum atomic E-state index is -0.855. The zero-order chi connectivity index (χ0) is 9.12. The van der Waals surface area contributed by atoms with Gasteiger partial charge in [0.15, 0.2) is 0 Å². The molecule has 1 N–H and O–H groups in total. The van der Waals surface area contributed by atoms with E-state index in [0.29, 0.717) is 0 Å². The lowest BCUT2D eigenvalue weighted by molar-refractivity contribution is -0.0894. The van der Waals surface area contributed by atoms with Gasteiger partial charge in [0.05, 0.1) is 11.2 Å². The van der Waals surface area contributed by atoms with Gasteiger partial charge in [0, 0.05) is 0 Å². The summed E-state index contributed by atoms with van der Waals surface area (Å²) in [5.41, 5.74) is -1.44. The van der Waals surface area contributed by atoms with Crippen molar-refractivity contribution in [3.8, 4) is 0 Å². The Labute approximate surface area is 69.5 Å². The first kappa shape index (κ1) is 10.7. The summed E-state index contributed by atoms with van der Waals surface area (Å²) in [7, 11) is 1.48. The van der Waals surface area contributed by atoms with Crippen molar-refractivity contribution in [1.82, 2.24) is 0 Å². The number of hydrogen-bond donors (Lipinski definition) is 1. The number of hydrogen-bond acceptors (Lipinski definition) is 2. The van der Waals surface area contributed by atoms with Gasteiger partial charge >= 0.3 is 7.48 Å². The molecule has 0 aromatic carbocycles. The van der Waals surface area contributed by atoms with Gasteiger partial charge in [0.1, 0.15) is 0 Å². The highest BCUT2D eigenvalue weighted by Gasteiger charge is 2.35. The minimum Gasteiger partial charge on any atom is -0.427 e. The number of rotatable bonds is 4. The normalized spacial score (nSPS) is 12.8. The van der Waals surface area contributed by atoms with Gasteiger partial charge in [0.2, 0.25) is 0 Å². The van der Waals surface area contributed by atoms with Crippen molar-refractivity contribution in [2.75, 3.05) is 0 Å². The molecule has 0 rings (SSSR count). The maximum absolute atomic E-state index is 9.59. The summed E-state index contributed by atoms with van der Waals surface area (Å²) in [5.74, 6) is 1.55. The summed E-state index contributed by atoms with van der Waals surface area (Å²) >= 11 is 0. The Morgan fingerprint density at radius 1 is 1.36 bits per heavy atom. The van der Waals surface area contributed by atoms with Crippen molar-refractivity contribution in [2.24, 2.45) is 0 Å². The molecule has 2 nitrogen and oxygen atoms in total. The van der Waals surface area contributed by atoms with E-state index < -0.39 is 11.2 Å². The molecule has 0 amide bonds. The molecule has 0 aliphatic rings. The smallest absolute Gasteiger partial charge is 0.322 e. The molecule has 0 atom stereocenters. The van der Waals surface area contributed by atoms with Crippen molar-refractivity contribution >= 4 is 7.48 Å². The van der Waals surface area contributed by atoms with Crippen molar-refractivity contribution in [3.05, 3.63) is 12.6 Å². The summed E-state index contributed by atoms with van der Waals surface area (Å²) < 4.78 is 5.25. The molecule has 0 unspecified atom stereocenters. The van der Waals surface area contributed by atoms with E-state index in [9.17, 15) is 5.11 Å². The van der Waals surface area contributed by atoms with E-state index in [4.69, 9.17) is 4.65 Å². The van der Waals surface area contributed by atoms with Crippen LogP contribution in [0.4, 0.5) is 0 Å². The highest BCUT2D eigenvalue weighted by atomic mass is 16.5. The van der Waals surface area contributed by atoms with Gasteiger partial charge < -0.3 is 9.76 Å². The Balaban J connectivity index is 4.10. The van der Waals surface area contributed by atoms with Crippen molar-refractivity contribution in [2.45, 2.75) is 38.9 Å². The first-order valence-corrected chi connectivity index (χ1v) is 3.66. The Bertz CT molecular complexity index is 136. The van der Waals surface area contributed by atoms with Gasteiger partial charge in [-0.3, -0.25) is 0 Å². The molecule has 0 saturated carbocycles. The second-order valence-corrected chi connectivity index (χ2v) is 3.56. The van der Waals surface area contributed by atoms with Crippen LogP contribution in [-0.4, -0.2) is 23.8 Å². The standard InChI is InChI=1S/C8H16BO2/c1-6-9-11-8(4,5)7(2,3)10/h6,10H,1H2,2-5H3. The predicted octanol–water partition coefficient (Wildman–Crippen LogP) is 1.32. The van der Waals surface area contributed by atoms with Crippen LogP contribution in [-0.2, 0) is 4.65 Å². The molecule has 3 heteroatoms. The van der Waals surface area contributed by atoms with E-state index in [1.807, 2.05) is 13.8 Å². The summed E-state index contributed by atoms with van der Waals surface area (Å²) in [6.45, 7) is 10.6. The third-order valence-corrected chi connectivity index (χ3v) is 1.93. The van der Waals surface area contributed by atoms with E-state index in [2.05, 4.69) is 6.58 Å². The molecule has 0 aromatic heterocycles. The fraction of sp³-hybridized carbons (Fsp3) is 0.750. The average molecular weight is 155 g/mol. The number of aliphatic hydroxyl groups is 1. The molecule has 0 saturated heterocycles. The second-order valence-electron chi connectivity index (χ2n) is 3.56. The van der Waals surface area contributed by atoms with Crippen LogP contribution in [0.3, 0.4) is 0 Å². The minimum absolute atomic E-state index is 0.582. The van der Waals surface area contributed by atoms with Gasteiger partial charge in [-0.1, -0.05) is 5.98 Å². The van der Waals surface area contributed by atoms with Gasteiger partial charge in [-0.25, -0.2) is 0 Å². The van der Waals surface area contributed by atoms with Gasteiger partial charge in [-0.05, 0) is 27.7 Å². The monoisotopic (exact) mass is 155 g/mol. The Morgan fingerprint density at radius 2 is 1.82 bits per heavy atom. The lowest BCUT2D eigenvalue weighted by Gasteiger charge is -2.37. The van der Waals surface area contributed by atoms with Crippen LogP contribution >= 0.6 is 0 Å². The maximum atomic E-state index is 9.59. The van der Waals surface area contributed by atoms with E-state index >= 15 is 0 Å². The zero-order valence-electron chi connectivity index (χ0n) is 7.72. The quantitative estimate of drug-likeness (QED) is 0.620. The highest BCUT2D eigenvalue weighted by Crippen LogP contribution is 2.24. The third kappa shape index (κ3) is 3.08. The van der Waals surface area contributed by atoms with Crippen LogP contribution < -0.4 is 0 Å². The topological polar surface area (TPSA) is 29.5 Å². The molecule has 0 bridgehead atoms. The summed E-state index contributed by atoms with van der Waals surface area (Å²) in [6, 6.07) is 0. The van der Waals surface area contributed by atoms with Crippen LogP contribution in [0.2, 0.25) is 0 Å².